The van der Waals surface area contributed by atoms with Gasteiger partial charge in [-0.05, 0) is 48.5 Å². The summed E-state index contributed by atoms with van der Waals surface area (Å²) >= 11 is 7.98. The maximum atomic E-state index is 12.1. The quantitative estimate of drug-likeness (QED) is 0.675. The number of rotatable bonds is 4. The third-order valence-corrected chi connectivity index (χ3v) is 5.47. The summed E-state index contributed by atoms with van der Waals surface area (Å²) in [5.41, 5.74) is 1.44. The van der Waals surface area contributed by atoms with E-state index in [2.05, 4.69) is 47.5 Å². The van der Waals surface area contributed by atoms with Crippen LogP contribution in [0.25, 0.3) is 0 Å². The van der Waals surface area contributed by atoms with Gasteiger partial charge in [-0.1, -0.05) is 43.6 Å². The highest BCUT2D eigenvalue weighted by Gasteiger charge is 2.32. The predicted octanol–water partition coefficient (Wildman–Crippen LogP) is 4.46. The van der Waals surface area contributed by atoms with E-state index in [0.717, 1.165) is 14.6 Å². The fraction of sp³-hybridized carbons (Fsp3) is 0.118. The summed E-state index contributed by atoms with van der Waals surface area (Å²) in [7, 11) is 0. The lowest BCUT2D eigenvalue weighted by Crippen LogP contribution is -2.28. The van der Waals surface area contributed by atoms with Crippen molar-refractivity contribution in [3.05, 3.63) is 57.5 Å². The average Bonchev–Trinajstić information content (AvgIpc) is 2.91. The predicted molar refractivity (Wildman–Crippen MR) is 108 cm³/mol. The molecular weight excluding hydrogens is 470 g/mol. The molecule has 8 heteroatoms. The van der Waals surface area contributed by atoms with Crippen molar-refractivity contribution in [1.29, 1.82) is 0 Å². The van der Waals surface area contributed by atoms with Crippen LogP contribution in [0.4, 0.5) is 11.4 Å². The lowest BCUT2D eigenvalue weighted by atomic mass is 10.2. The Kier molecular flexibility index (Phi) is 5.93. The highest BCUT2D eigenvalue weighted by atomic mass is 79.9. The number of amidine groups is 1. The number of hydrogen-bond acceptors (Lipinski definition) is 4. The molecule has 5 nitrogen and oxygen atoms in total. The van der Waals surface area contributed by atoms with Crippen molar-refractivity contribution in [1.82, 2.24) is 5.32 Å². The molecule has 1 fully saturated rings. The number of aliphatic imine (C=N–C) groups is 1. The molecule has 2 amide bonds. The summed E-state index contributed by atoms with van der Waals surface area (Å²) in [6.07, 6.45) is 0.0892. The minimum absolute atomic E-state index is 0.0892. The lowest BCUT2D eigenvalue weighted by Gasteiger charge is -2.07. The van der Waals surface area contributed by atoms with E-state index in [0.29, 0.717) is 10.9 Å². The second-order valence-corrected chi connectivity index (χ2v) is 8.27. The van der Waals surface area contributed by atoms with E-state index in [4.69, 9.17) is 0 Å². The minimum atomic E-state index is -0.482. The van der Waals surface area contributed by atoms with Crippen molar-refractivity contribution >= 4 is 72.0 Å². The summed E-state index contributed by atoms with van der Waals surface area (Å²) in [5.74, 6) is -0.410. The van der Waals surface area contributed by atoms with Gasteiger partial charge in [0.2, 0.25) is 11.8 Å². The molecule has 0 aliphatic carbocycles. The molecule has 1 atom stereocenters. The summed E-state index contributed by atoms with van der Waals surface area (Å²) < 4.78 is 1.90. The number of carbonyl (C=O) groups is 2. The zero-order chi connectivity index (χ0) is 17.8. The van der Waals surface area contributed by atoms with Gasteiger partial charge < -0.3 is 10.6 Å². The van der Waals surface area contributed by atoms with Crippen molar-refractivity contribution in [2.45, 2.75) is 11.7 Å². The lowest BCUT2D eigenvalue weighted by molar-refractivity contribution is -0.122. The number of carbonyl (C=O) groups excluding carboxylic acids is 2. The van der Waals surface area contributed by atoms with Gasteiger partial charge in [0.15, 0.2) is 5.17 Å². The molecule has 0 radical (unpaired) electrons. The minimum Gasteiger partial charge on any atom is -0.326 e. The van der Waals surface area contributed by atoms with Crippen LogP contribution in [0.5, 0.6) is 0 Å². The maximum absolute atomic E-state index is 12.1. The van der Waals surface area contributed by atoms with Crippen molar-refractivity contribution < 1.29 is 9.59 Å². The number of nitrogens with one attached hydrogen (secondary N) is 2. The maximum Gasteiger partial charge on any atom is 0.240 e. The van der Waals surface area contributed by atoms with Crippen molar-refractivity contribution in [2.24, 2.45) is 4.99 Å². The Balaban J connectivity index is 1.59. The highest BCUT2D eigenvalue weighted by Crippen LogP contribution is 2.26. The molecule has 3 rings (SSSR count). The highest BCUT2D eigenvalue weighted by molar-refractivity contribution is 9.10. The van der Waals surface area contributed by atoms with Gasteiger partial charge in [-0.25, -0.2) is 4.99 Å². The molecule has 0 saturated carbocycles. The number of halogens is 2. The average molecular weight is 483 g/mol. The second kappa shape index (κ2) is 8.16. The fourth-order valence-corrected chi connectivity index (χ4v) is 3.66. The third-order valence-electron chi connectivity index (χ3n) is 3.33. The zero-order valence-corrected chi connectivity index (χ0v) is 16.8. The molecule has 1 heterocycles. The largest absolute Gasteiger partial charge is 0.326 e. The first-order chi connectivity index (χ1) is 12.0. The second-order valence-electron chi connectivity index (χ2n) is 5.25. The van der Waals surface area contributed by atoms with Crippen LogP contribution >= 0.6 is 43.6 Å². The molecule has 2 aromatic rings. The van der Waals surface area contributed by atoms with Crippen molar-refractivity contribution in [2.75, 3.05) is 5.32 Å². The van der Waals surface area contributed by atoms with E-state index in [1.54, 1.807) is 12.1 Å². The molecule has 1 aliphatic rings. The normalized spacial score (nSPS) is 18.2. The number of thioether (sulfide) groups is 1. The van der Waals surface area contributed by atoms with Crippen LogP contribution in [-0.4, -0.2) is 22.2 Å². The van der Waals surface area contributed by atoms with Crippen LogP contribution in [0, 0.1) is 0 Å². The number of nitrogens with zero attached hydrogens (tertiary/aromatic N) is 1. The number of hydrogen-bond donors (Lipinski definition) is 2. The summed E-state index contributed by atoms with van der Waals surface area (Å²) in [6, 6.07) is 14.7. The van der Waals surface area contributed by atoms with Gasteiger partial charge in [-0.15, -0.1) is 0 Å². The van der Waals surface area contributed by atoms with Crippen LogP contribution in [0.3, 0.4) is 0 Å². The SMILES string of the molecule is O=C(CC1SC(=Nc2ccc(Br)cc2)NC1=O)Nc1ccc(Br)cc1. The van der Waals surface area contributed by atoms with Gasteiger partial charge in [0.1, 0.15) is 5.25 Å². The number of benzene rings is 2. The van der Waals surface area contributed by atoms with Gasteiger partial charge in [0, 0.05) is 21.1 Å². The van der Waals surface area contributed by atoms with E-state index in [1.807, 2.05) is 36.4 Å². The Morgan fingerprint density at radius 3 is 2.32 bits per heavy atom. The Morgan fingerprint density at radius 1 is 1.08 bits per heavy atom. The molecular formula is C17H13Br2N3O2S. The van der Waals surface area contributed by atoms with Gasteiger partial charge in [-0.3, -0.25) is 9.59 Å². The van der Waals surface area contributed by atoms with Gasteiger partial charge in [0.25, 0.3) is 0 Å². The monoisotopic (exact) mass is 481 g/mol. The van der Waals surface area contributed by atoms with E-state index in [-0.39, 0.29) is 18.2 Å². The summed E-state index contributed by atoms with van der Waals surface area (Å²) in [6.45, 7) is 0. The van der Waals surface area contributed by atoms with E-state index in [9.17, 15) is 9.59 Å². The van der Waals surface area contributed by atoms with Crippen molar-refractivity contribution in [3.63, 3.8) is 0 Å². The molecule has 1 unspecified atom stereocenters. The summed E-state index contributed by atoms with van der Waals surface area (Å²) in [5, 5.41) is 5.54. The standard InChI is InChI=1S/C17H13Br2N3O2S/c18-10-1-5-12(6-2-10)20-15(23)9-14-16(24)22-17(25-14)21-13-7-3-11(19)4-8-13/h1-8,14H,9H2,(H,20,23)(H,21,22,24). The molecule has 25 heavy (non-hydrogen) atoms. The zero-order valence-electron chi connectivity index (χ0n) is 12.8. The van der Waals surface area contributed by atoms with Crippen molar-refractivity contribution in [3.8, 4) is 0 Å². The molecule has 2 aromatic carbocycles. The van der Waals surface area contributed by atoms with Gasteiger partial charge in [-0.2, -0.15) is 0 Å². The number of amides is 2. The summed E-state index contributed by atoms with van der Waals surface area (Å²) in [4.78, 5) is 28.6. The Hall–Kier alpha value is -1.64. The fourth-order valence-electron chi connectivity index (χ4n) is 2.14. The first kappa shape index (κ1) is 18.2. The Bertz CT molecular complexity index is 823. The van der Waals surface area contributed by atoms with E-state index < -0.39 is 5.25 Å². The topological polar surface area (TPSA) is 70.6 Å². The molecule has 1 saturated heterocycles. The molecule has 0 aromatic heterocycles. The van der Waals surface area contributed by atoms with Crippen LogP contribution < -0.4 is 10.6 Å². The molecule has 0 bridgehead atoms. The Morgan fingerprint density at radius 2 is 1.68 bits per heavy atom. The van der Waals surface area contributed by atoms with Gasteiger partial charge >= 0.3 is 0 Å². The van der Waals surface area contributed by atoms with E-state index in [1.165, 1.54) is 11.8 Å². The molecule has 2 N–H and O–H groups in total. The molecule has 0 spiro atoms. The first-order valence-corrected chi connectivity index (χ1v) is 9.83. The molecule has 128 valence electrons. The van der Waals surface area contributed by atoms with Crippen LogP contribution in [0.15, 0.2) is 62.5 Å². The van der Waals surface area contributed by atoms with Crippen LogP contribution in [-0.2, 0) is 9.59 Å². The molecule has 1 aliphatic heterocycles. The van der Waals surface area contributed by atoms with Crippen LogP contribution in [0.1, 0.15) is 6.42 Å². The third kappa shape index (κ3) is 5.17. The number of anilines is 1. The van der Waals surface area contributed by atoms with E-state index >= 15 is 0 Å². The van der Waals surface area contributed by atoms with Gasteiger partial charge in [0.05, 0.1) is 5.69 Å². The Labute approximate surface area is 165 Å². The smallest absolute Gasteiger partial charge is 0.240 e. The van der Waals surface area contributed by atoms with Crippen LogP contribution in [0.2, 0.25) is 0 Å². The first-order valence-electron chi connectivity index (χ1n) is 7.37.